The minimum absolute atomic E-state index is 0.0525. The third-order valence-corrected chi connectivity index (χ3v) is 6.20. The number of halogens is 1. The van der Waals surface area contributed by atoms with E-state index in [2.05, 4.69) is 0 Å². The van der Waals surface area contributed by atoms with Crippen molar-refractivity contribution in [3.05, 3.63) is 28.8 Å². The van der Waals surface area contributed by atoms with Crippen LogP contribution >= 0.6 is 23.4 Å². The van der Waals surface area contributed by atoms with E-state index in [0.29, 0.717) is 10.6 Å². The number of hydrogen-bond donors (Lipinski definition) is 1. The summed E-state index contributed by atoms with van der Waals surface area (Å²) in [5.41, 5.74) is 0.416. The van der Waals surface area contributed by atoms with Gasteiger partial charge in [-0.25, -0.2) is 8.42 Å². The predicted octanol–water partition coefficient (Wildman–Crippen LogP) is 2.59. The second kappa shape index (κ2) is 7.66. The number of aliphatic hydroxyl groups excluding tert-OH is 1. The zero-order chi connectivity index (χ0) is 15.3. The highest BCUT2D eigenvalue weighted by Crippen LogP contribution is 2.24. The van der Waals surface area contributed by atoms with Gasteiger partial charge in [-0.15, -0.1) is 0 Å². The van der Waals surface area contributed by atoms with Gasteiger partial charge in [0.1, 0.15) is 0 Å². The van der Waals surface area contributed by atoms with Crippen molar-refractivity contribution < 1.29 is 13.5 Å². The summed E-state index contributed by atoms with van der Waals surface area (Å²) < 4.78 is 26.6. The van der Waals surface area contributed by atoms with Crippen molar-refractivity contribution in [3.8, 4) is 0 Å². The zero-order valence-corrected chi connectivity index (χ0v) is 14.2. The number of benzene rings is 1. The molecular weight excluding hydrogens is 318 g/mol. The van der Waals surface area contributed by atoms with Gasteiger partial charge in [0, 0.05) is 23.9 Å². The van der Waals surface area contributed by atoms with E-state index in [-0.39, 0.29) is 17.5 Å². The minimum Gasteiger partial charge on any atom is -0.392 e. The Balaban J connectivity index is 3.15. The number of aliphatic hydroxyl groups is 1. The number of hydrogen-bond acceptors (Lipinski definition) is 4. The first-order valence-electron chi connectivity index (χ1n) is 6.24. The van der Waals surface area contributed by atoms with Crippen molar-refractivity contribution in [1.82, 2.24) is 4.31 Å². The molecule has 4 nitrogen and oxygen atoms in total. The molecule has 0 saturated carbocycles. The number of nitrogens with zero attached hydrogens (tertiary/aromatic N) is 1. The average Bonchev–Trinajstić information content (AvgIpc) is 2.44. The van der Waals surface area contributed by atoms with Gasteiger partial charge in [-0.3, -0.25) is 0 Å². The molecule has 0 heterocycles. The second-order valence-electron chi connectivity index (χ2n) is 4.45. The third kappa shape index (κ3) is 3.89. The topological polar surface area (TPSA) is 57.6 Å². The quantitative estimate of drug-likeness (QED) is 0.831. The van der Waals surface area contributed by atoms with Gasteiger partial charge in [0.25, 0.3) is 0 Å². The summed E-state index contributed by atoms with van der Waals surface area (Å²) in [4.78, 5) is 0.160. The Morgan fingerprint density at radius 1 is 1.45 bits per heavy atom. The van der Waals surface area contributed by atoms with Gasteiger partial charge in [-0.05, 0) is 36.4 Å². The Labute approximate surface area is 130 Å². The van der Waals surface area contributed by atoms with Gasteiger partial charge in [0.05, 0.1) is 11.5 Å². The number of sulfonamides is 1. The largest absolute Gasteiger partial charge is 0.392 e. The van der Waals surface area contributed by atoms with Gasteiger partial charge >= 0.3 is 0 Å². The highest BCUT2D eigenvalue weighted by atomic mass is 35.5. The summed E-state index contributed by atoms with van der Waals surface area (Å²) in [6.07, 6.45) is 2.70. The van der Waals surface area contributed by atoms with Crippen LogP contribution in [-0.4, -0.2) is 42.9 Å². The maximum atomic E-state index is 12.6. The lowest BCUT2D eigenvalue weighted by Crippen LogP contribution is -2.38. The second-order valence-corrected chi connectivity index (χ2v) is 7.77. The molecule has 0 aliphatic carbocycles. The number of thioether (sulfide) groups is 1. The van der Waals surface area contributed by atoms with Crippen molar-refractivity contribution in [2.75, 3.05) is 19.1 Å². The van der Waals surface area contributed by atoms with Crippen molar-refractivity contribution in [2.24, 2.45) is 0 Å². The molecule has 1 aromatic carbocycles. The van der Waals surface area contributed by atoms with E-state index in [1.165, 1.54) is 22.5 Å². The van der Waals surface area contributed by atoms with Crippen LogP contribution in [0.25, 0.3) is 0 Å². The smallest absolute Gasteiger partial charge is 0.243 e. The van der Waals surface area contributed by atoms with E-state index >= 15 is 0 Å². The van der Waals surface area contributed by atoms with Gasteiger partial charge < -0.3 is 5.11 Å². The van der Waals surface area contributed by atoms with Crippen molar-refractivity contribution >= 4 is 33.4 Å². The van der Waals surface area contributed by atoms with Crippen LogP contribution in [0.1, 0.15) is 18.9 Å². The van der Waals surface area contributed by atoms with Crippen molar-refractivity contribution in [2.45, 2.75) is 30.9 Å². The first-order chi connectivity index (χ1) is 9.38. The molecule has 0 amide bonds. The van der Waals surface area contributed by atoms with Gasteiger partial charge in [-0.2, -0.15) is 16.1 Å². The normalized spacial score (nSPS) is 13.7. The summed E-state index contributed by atoms with van der Waals surface area (Å²) in [6, 6.07) is 4.35. The molecule has 0 bridgehead atoms. The van der Waals surface area contributed by atoms with E-state index in [0.717, 1.165) is 12.2 Å². The summed E-state index contributed by atoms with van der Waals surface area (Å²) >= 11 is 7.51. The molecule has 0 saturated heterocycles. The van der Waals surface area contributed by atoms with Crippen molar-refractivity contribution in [3.63, 3.8) is 0 Å². The molecular formula is C13H20ClNO3S2. The molecule has 0 spiro atoms. The molecule has 0 aliphatic rings. The van der Waals surface area contributed by atoms with Crippen LogP contribution in [0.5, 0.6) is 0 Å². The molecule has 1 unspecified atom stereocenters. The van der Waals surface area contributed by atoms with Gasteiger partial charge in [-0.1, -0.05) is 18.5 Å². The fourth-order valence-electron chi connectivity index (χ4n) is 1.87. The first kappa shape index (κ1) is 17.8. The molecule has 7 heteroatoms. The lowest BCUT2D eigenvalue weighted by atomic mass is 10.2. The van der Waals surface area contributed by atoms with Crippen molar-refractivity contribution in [1.29, 1.82) is 0 Å². The Kier molecular flexibility index (Phi) is 6.81. The molecule has 1 atom stereocenters. The summed E-state index contributed by atoms with van der Waals surface area (Å²) in [5.74, 6) is 0.743. The van der Waals surface area contributed by atoms with E-state index < -0.39 is 10.0 Å². The van der Waals surface area contributed by atoms with Crippen LogP contribution in [0.15, 0.2) is 23.1 Å². The van der Waals surface area contributed by atoms with E-state index in [9.17, 15) is 13.5 Å². The molecule has 1 rings (SSSR count). The van der Waals surface area contributed by atoms with Gasteiger partial charge in [0.15, 0.2) is 0 Å². The molecule has 20 heavy (non-hydrogen) atoms. The number of rotatable bonds is 7. The van der Waals surface area contributed by atoms with Crippen LogP contribution in [0.4, 0.5) is 0 Å². The lowest BCUT2D eigenvalue weighted by Gasteiger charge is -2.26. The Hall–Kier alpha value is -0.270. The third-order valence-electron chi connectivity index (χ3n) is 3.21. The van der Waals surface area contributed by atoms with E-state index in [4.69, 9.17) is 11.6 Å². The van der Waals surface area contributed by atoms with Crippen LogP contribution in [-0.2, 0) is 16.6 Å². The summed E-state index contributed by atoms with van der Waals surface area (Å²) in [6.45, 7) is 1.68. The van der Waals surface area contributed by atoms with E-state index in [1.54, 1.807) is 18.8 Å². The molecule has 114 valence electrons. The Morgan fingerprint density at radius 2 is 2.10 bits per heavy atom. The van der Waals surface area contributed by atoms with Crippen LogP contribution < -0.4 is 0 Å². The average molecular weight is 338 g/mol. The molecule has 1 aromatic rings. The highest BCUT2D eigenvalue weighted by Gasteiger charge is 2.27. The SMILES string of the molecule is CCC(CSC)N(C)S(=O)(=O)c1ccc(Cl)c(CO)c1. The predicted molar refractivity (Wildman–Crippen MR) is 84.8 cm³/mol. The zero-order valence-electron chi connectivity index (χ0n) is 11.8. The monoisotopic (exact) mass is 337 g/mol. The summed E-state index contributed by atoms with van der Waals surface area (Å²) in [5, 5.41) is 9.56. The maximum Gasteiger partial charge on any atom is 0.243 e. The first-order valence-corrected chi connectivity index (χ1v) is 9.45. The molecule has 1 N–H and O–H groups in total. The van der Waals surface area contributed by atoms with Crippen LogP contribution in [0.3, 0.4) is 0 Å². The lowest BCUT2D eigenvalue weighted by molar-refractivity contribution is 0.281. The summed E-state index contributed by atoms with van der Waals surface area (Å²) in [7, 11) is -1.98. The Bertz CT molecular complexity index is 549. The molecule has 0 aromatic heterocycles. The highest BCUT2D eigenvalue weighted by molar-refractivity contribution is 7.98. The molecule has 0 aliphatic heterocycles. The standard InChI is InChI=1S/C13H20ClNO3S2/c1-4-11(9-19-3)15(2)20(17,18)12-5-6-13(14)10(7-12)8-16/h5-7,11,16H,4,8-9H2,1-3H3. The minimum atomic E-state index is -3.57. The fourth-order valence-corrected chi connectivity index (χ4v) is 4.46. The van der Waals surface area contributed by atoms with Gasteiger partial charge in [0.2, 0.25) is 10.0 Å². The van der Waals surface area contributed by atoms with Crippen LogP contribution in [0, 0.1) is 0 Å². The maximum absolute atomic E-state index is 12.6. The molecule has 0 radical (unpaired) electrons. The Morgan fingerprint density at radius 3 is 2.60 bits per heavy atom. The molecule has 0 fully saturated rings. The van der Waals surface area contributed by atoms with Crippen LogP contribution in [0.2, 0.25) is 5.02 Å². The fraction of sp³-hybridized carbons (Fsp3) is 0.538. The van der Waals surface area contributed by atoms with E-state index in [1.807, 2.05) is 13.2 Å².